The van der Waals surface area contributed by atoms with Gasteiger partial charge in [-0.3, -0.25) is 0 Å². The summed E-state index contributed by atoms with van der Waals surface area (Å²) >= 11 is 1.60. The first-order valence-electron chi connectivity index (χ1n) is 9.82. The van der Waals surface area contributed by atoms with E-state index in [-0.39, 0.29) is 18.2 Å². The fourth-order valence-corrected chi connectivity index (χ4v) is 4.56. The Kier molecular flexibility index (Phi) is 4.99. The number of fused-ring (bicyclic) bond motifs is 1. The van der Waals surface area contributed by atoms with E-state index in [2.05, 4.69) is 34.5 Å². The maximum Gasteiger partial charge on any atom is 0.243 e. The lowest BCUT2D eigenvalue weighted by Crippen LogP contribution is -2.43. The van der Waals surface area contributed by atoms with Gasteiger partial charge in [-0.15, -0.1) is 11.3 Å². The summed E-state index contributed by atoms with van der Waals surface area (Å²) < 4.78 is 22.2. The van der Waals surface area contributed by atoms with Crippen molar-refractivity contribution in [2.24, 2.45) is 0 Å². The highest BCUT2D eigenvalue weighted by Gasteiger charge is 2.36. The molecule has 29 heavy (non-hydrogen) atoms. The quantitative estimate of drug-likeness (QED) is 0.656. The number of ether oxygens (including phenoxy) is 3. The second kappa shape index (κ2) is 7.78. The standard InChI is InChI=1S/C21H23N3O4S/c1-14(20-23-19(24-28-20)18-3-2-10-29-18)22-12-21(6-8-25-9-7-21)15-4-5-16-17(11-15)27-13-26-16/h2-5,10-11,14,22H,6-9,12-13H2,1H3. The van der Waals surface area contributed by atoms with Crippen LogP contribution < -0.4 is 14.8 Å². The molecule has 5 rings (SSSR count). The first-order valence-corrected chi connectivity index (χ1v) is 10.7. The van der Waals surface area contributed by atoms with Gasteiger partial charge in [0.05, 0.1) is 10.9 Å². The number of hydrogen-bond donors (Lipinski definition) is 1. The minimum atomic E-state index is -0.0510. The fourth-order valence-electron chi connectivity index (χ4n) is 3.91. The number of nitrogens with one attached hydrogen (secondary N) is 1. The van der Waals surface area contributed by atoms with E-state index in [0.717, 1.165) is 49.0 Å². The zero-order chi connectivity index (χ0) is 19.7. The normalized spacial score (nSPS) is 18.7. The molecule has 2 aliphatic heterocycles. The highest BCUT2D eigenvalue weighted by molar-refractivity contribution is 7.13. The molecule has 1 saturated heterocycles. The van der Waals surface area contributed by atoms with Gasteiger partial charge in [0.2, 0.25) is 18.5 Å². The molecule has 0 amide bonds. The topological polar surface area (TPSA) is 78.6 Å². The van der Waals surface area contributed by atoms with Gasteiger partial charge in [-0.05, 0) is 48.9 Å². The van der Waals surface area contributed by atoms with Crippen molar-refractivity contribution in [2.45, 2.75) is 31.2 Å². The lowest BCUT2D eigenvalue weighted by atomic mass is 9.74. The molecule has 2 aliphatic rings. The molecule has 1 atom stereocenters. The van der Waals surface area contributed by atoms with Gasteiger partial charge >= 0.3 is 0 Å². The molecule has 0 aliphatic carbocycles. The zero-order valence-electron chi connectivity index (χ0n) is 16.2. The Bertz CT molecular complexity index is 966. The van der Waals surface area contributed by atoms with Crippen LogP contribution in [0.1, 0.15) is 37.3 Å². The Balaban J connectivity index is 1.33. The van der Waals surface area contributed by atoms with Crippen LogP contribution in [0.2, 0.25) is 0 Å². The second-order valence-electron chi connectivity index (χ2n) is 7.50. The number of hydrogen-bond acceptors (Lipinski definition) is 8. The third kappa shape index (κ3) is 3.63. The minimum Gasteiger partial charge on any atom is -0.454 e. The van der Waals surface area contributed by atoms with E-state index in [1.165, 1.54) is 5.56 Å². The van der Waals surface area contributed by atoms with Crippen molar-refractivity contribution in [3.63, 3.8) is 0 Å². The lowest BCUT2D eigenvalue weighted by Gasteiger charge is -2.38. The molecule has 0 spiro atoms. The summed E-state index contributed by atoms with van der Waals surface area (Å²) in [6.45, 7) is 4.61. The summed E-state index contributed by atoms with van der Waals surface area (Å²) in [6, 6.07) is 10.2. The average molecular weight is 413 g/mol. The summed E-state index contributed by atoms with van der Waals surface area (Å²) in [4.78, 5) is 5.58. The molecule has 4 heterocycles. The highest BCUT2D eigenvalue weighted by atomic mass is 32.1. The second-order valence-corrected chi connectivity index (χ2v) is 8.44. The van der Waals surface area contributed by atoms with Gasteiger partial charge in [0.1, 0.15) is 0 Å². The predicted molar refractivity (Wildman–Crippen MR) is 108 cm³/mol. The van der Waals surface area contributed by atoms with Crippen molar-refractivity contribution in [1.29, 1.82) is 0 Å². The van der Waals surface area contributed by atoms with Gasteiger partial charge in [-0.2, -0.15) is 4.98 Å². The third-order valence-electron chi connectivity index (χ3n) is 5.74. The van der Waals surface area contributed by atoms with Crippen molar-refractivity contribution in [3.05, 3.63) is 47.2 Å². The van der Waals surface area contributed by atoms with Crippen LogP contribution in [0.25, 0.3) is 10.7 Å². The summed E-state index contributed by atoms with van der Waals surface area (Å²) in [5.74, 6) is 2.87. The van der Waals surface area contributed by atoms with Crippen molar-refractivity contribution in [3.8, 4) is 22.2 Å². The largest absolute Gasteiger partial charge is 0.454 e. The summed E-state index contributed by atoms with van der Waals surface area (Å²) in [6.07, 6.45) is 1.88. The van der Waals surface area contributed by atoms with Gasteiger partial charge in [-0.25, -0.2) is 0 Å². The van der Waals surface area contributed by atoms with Crippen molar-refractivity contribution in [2.75, 3.05) is 26.6 Å². The Hall–Kier alpha value is -2.42. The van der Waals surface area contributed by atoms with E-state index in [0.29, 0.717) is 11.7 Å². The highest BCUT2D eigenvalue weighted by Crippen LogP contribution is 2.40. The molecule has 1 aromatic carbocycles. The minimum absolute atomic E-state index is 0.0376. The number of thiophene rings is 1. The molecule has 2 aromatic heterocycles. The van der Waals surface area contributed by atoms with Crippen LogP contribution >= 0.6 is 11.3 Å². The molecule has 3 aromatic rings. The molecule has 1 unspecified atom stereocenters. The van der Waals surface area contributed by atoms with Crippen LogP contribution in [0.5, 0.6) is 11.5 Å². The molecular formula is C21H23N3O4S. The molecule has 7 nitrogen and oxygen atoms in total. The molecule has 1 N–H and O–H groups in total. The third-order valence-corrected chi connectivity index (χ3v) is 6.60. The molecule has 152 valence electrons. The SMILES string of the molecule is CC(NCC1(c2ccc3c(c2)OCO3)CCOCC1)c1nc(-c2cccs2)no1. The number of rotatable bonds is 6. The molecule has 0 bridgehead atoms. The van der Waals surface area contributed by atoms with Gasteiger partial charge in [0, 0.05) is 25.2 Å². The van der Waals surface area contributed by atoms with Crippen LogP contribution in [0, 0.1) is 0 Å². The van der Waals surface area contributed by atoms with E-state index in [4.69, 9.17) is 18.7 Å². The van der Waals surface area contributed by atoms with E-state index >= 15 is 0 Å². The molecule has 8 heteroatoms. The maximum absolute atomic E-state index is 5.65. The van der Waals surface area contributed by atoms with Crippen LogP contribution in [0.4, 0.5) is 0 Å². The van der Waals surface area contributed by atoms with E-state index in [1.807, 2.05) is 23.6 Å². The van der Waals surface area contributed by atoms with Crippen LogP contribution in [0.15, 0.2) is 40.2 Å². The van der Waals surface area contributed by atoms with E-state index < -0.39 is 0 Å². The van der Waals surface area contributed by atoms with Crippen molar-refractivity contribution >= 4 is 11.3 Å². The van der Waals surface area contributed by atoms with Gasteiger partial charge in [-0.1, -0.05) is 17.3 Å². The molecule has 0 radical (unpaired) electrons. The number of benzene rings is 1. The van der Waals surface area contributed by atoms with Gasteiger partial charge < -0.3 is 24.1 Å². The summed E-state index contributed by atoms with van der Waals surface area (Å²) in [7, 11) is 0. The predicted octanol–water partition coefficient (Wildman–Crippen LogP) is 3.93. The van der Waals surface area contributed by atoms with E-state index in [1.54, 1.807) is 11.3 Å². The smallest absolute Gasteiger partial charge is 0.243 e. The molecule has 1 fully saturated rings. The average Bonchev–Trinajstić information content (AvgIpc) is 3.53. The lowest BCUT2D eigenvalue weighted by molar-refractivity contribution is 0.0486. The van der Waals surface area contributed by atoms with Crippen LogP contribution in [-0.2, 0) is 10.2 Å². The van der Waals surface area contributed by atoms with Crippen LogP contribution in [0.3, 0.4) is 0 Å². The molecule has 0 saturated carbocycles. The first-order chi connectivity index (χ1) is 14.2. The molecular weight excluding hydrogens is 390 g/mol. The van der Waals surface area contributed by atoms with E-state index in [9.17, 15) is 0 Å². The Morgan fingerprint density at radius 1 is 1.17 bits per heavy atom. The first kappa shape index (κ1) is 18.6. The number of aromatic nitrogens is 2. The van der Waals surface area contributed by atoms with Crippen LogP contribution in [-0.4, -0.2) is 36.7 Å². The number of nitrogens with zero attached hydrogens (tertiary/aromatic N) is 2. The summed E-state index contributed by atoms with van der Waals surface area (Å²) in [5, 5.41) is 9.74. The Morgan fingerprint density at radius 3 is 2.86 bits per heavy atom. The van der Waals surface area contributed by atoms with Crippen molar-refractivity contribution in [1.82, 2.24) is 15.5 Å². The summed E-state index contributed by atoms with van der Waals surface area (Å²) in [5.41, 5.74) is 1.21. The monoisotopic (exact) mass is 413 g/mol. The Labute approximate surface area is 173 Å². The fraction of sp³-hybridized carbons (Fsp3) is 0.429. The van der Waals surface area contributed by atoms with Gasteiger partial charge in [0.25, 0.3) is 0 Å². The maximum atomic E-state index is 5.65. The Morgan fingerprint density at radius 2 is 2.03 bits per heavy atom. The zero-order valence-corrected chi connectivity index (χ0v) is 17.0. The van der Waals surface area contributed by atoms with Gasteiger partial charge in [0.15, 0.2) is 11.5 Å². The van der Waals surface area contributed by atoms with Crippen molar-refractivity contribution < 1.29 is 18.7 Å².